The molecule has 864 valence electrons. The summed E-state index contributed by atoms with van der Waals surface area (Å²) in [6.45, 7) is 100. The molecule has 0 fully saturated rings. The number of hydrogen-bond acceptors (Lipinski definition) is 22. The number of primary amides is 1. The number of Topliss-reactive ketones (excluding diaryl/α,β-unsaturated/α-hetero) is 4. The molecule has 140 heavy (non-hydrogen) atoms. The lowest BCUT2D eigenvalue weighted by molar-refractivity contribution is -0.141. The lowest BCUT2D eigenvalue weighted by Gasteiger charge is -2.18. The van der Waals surface area contributed by atoms with Crippen LogP contribution in [0, 0.1) is 88.8 Å². The zero-order valence-electron chi connectivity index (χ0n) is 92.6. The van der Waals surface area contributed by atoms with E-state index in [-0.39, 0.29) is 152 Å². The molecule has 0 aliphatic carbocycles. The van der Waals surface area contributed by atoms with Crippen LogP contribution >= 0.6 is 0 Å². The summed E-state index contributed by atoms with van der Waals surface area (Å²) in [5.41, 5.74) is 5.27. The number of aliphatic carboxylic acids is 3. The summed E-state index contributed by atoms with van der Waals surface area (Å²) in [5, 5.41) is 58.6. The van der Waals surface area contributed by atoms with E-state index in [1.807, 2.05) is 152 Å². The van der Waals surface area contributed by atoms with E-state index in [1.54, 1.807) is 0 Å². The van der Waals surface area contributed by atoms with Gasteiger partial charge in [-0.3, -0.25) is 38.4 Å². The van der Waals surface area contributed by atoms with Crippen molar-refractivity contribution in [3.8, 4) is 0 Å². The number of ether oxygens (including phenoxy) is 4. The van der Waals surface area contributed by atoms with Gasteiger partial charge in [0.15, 0.2) is 11.6 Å². The molecule has 0 aromatic rings. The third-order valence-corrected chi connectivity index (χ3v) is 18.3. The van der Waals surface area contributed by atoms with Crippen LogP contribution in [0.1, 0.15) is 436 Å². The summed E-state index contributed by atoms with van der Waals surface area (Å²) in [4.78, 5) is 88.5. The lowest BCUT2D eigenvalue weighted by atomic mass is 10.0. The quantitative estimate of drug-likeness (QED) is 0.0252. The second-order valence-corrected chi connectivity index (χ2v) is 42.1. The second-order valence-electron chi connectivity index (χ2n) is 42.1. The van der Waals surface area contributed by atoms with Crippen molar-refractivity contribution in [1.82, 2.24) is 53.2 Å². The number of ketones is 4. The van der Waals surface area contributed by atoms with E-state index in [2.05, 4.69) is 192 Å². The smallest absolute Gasteiger partial charge is 0.320 e. The average molecular weight is 2030 g/mol. The number of carbonyl (C=O) groups excluding carboxylic acids is 5. The molecule has 0 heterocycles. The normalized spacial score (nSPS) is 11.9. The maximum atomic E-state index is 11.4. The first-order valence-electron chi connectivity index (χ1n) is 50.7. The van der Waals surface area contributed by atoms with Crippen LogP contribution in [0.3, 0.4) is 0 Å². The first kappa shape index (κ1) is 184. The third-order valence-electron chi connectivity index (χ3n) is 18.3. The molecule has 0 rings (SSSR count). The van der Waals surface area contributed by atoms with Crippen molar-refractivity contribution in [1.29, 1.82) is 0 Å². The van der Waals surface area contributed by atoms with Crippen LogP contribution in [0.4, 0.5) is 0 Å². The number of nitrogens with two attached hydrogens (primary N) is 1. The molecule has 0 saturated heterocycles. The Morgan fingerprint density at radius 2 is 0.514 bits per heavy atom. The number of carboxylic acid groups (broad SMARTS) is 3. The van der Waals surface area contributed by atoms with E-state index in [0.29, 0.717) is 162 Å². The minimum absolute atomic E-state index is 0. The molecular weight excluding hydrogens is 1760 g/mol. The van der Waals surface area contributed by atoms with Gasteiger partial charge in [0.25, 0.3) is 0 Å². The Bertz CT molecular complexity index is 2420. The molecule has 0 spiro atoms. The Morgan fingerprint density at radius 1 is 0.243 bits per heavy atom. The summed E-state index contributed by atoms with van der Waals surface area (Å²) >= 11 is 0. The fraction of sp³-hybridized carbons (Fsp3) is 0.930. The Morgan fingerprint density at radius 3 is 0.793 bits per heavy atom. The SMILES string of the molecule is C.C.C.C.C.C.C.C.C.C.CC(C)CC(NC(C)C)C(=O)O.CC(C)CC(NC(C)C)C(=O)O.CC(C)CCCCNCC(C)C.CC(C)CCCNC(C)C.CC(C)CNC(C)C(=O)C(C)C.CC(C)CNC(CC(C)C)C(=O)O.CC(C)CNC(CC(C)C)C(N)=O.CC(C)CNCCOCCOCCC(=O)C(C)C.CC(C)NC(C)C(=O)C(C)C.CC(C)NCCOCCOCCC(=O)C(C)C. The molecule has 0 aliphatic rings. The number of amides is 1. The number of carboxylic acids is 3. The van der Waals surface area contributed by atoms with E-state index < -0.39 is 30.0 Å². The van der Waals surface area contributed by atoms with E-state index >= 15 is 0 Å². The first-order chi connectivity index (χ1) is 59.9. The minimum atomic E-state index is -0.752. The van der Waals surface area contributed by atoms with Crippen molar-refractivity contribution < 1.29 is 72.6 Å². The third kappa shape index (κ3) is 165. The molecule has 26 heteroatoms. The molecule has 15 N–H and O–H groups in total. The van der Waals surface area contributed by atoms with Crippen LogP contribution in [0.2, 0.25) is 0 Å². The van der Waals surface area contributed by atoms with Crippen LogP contribution in [0.5, 0.6) is 0 Å². The van der Waals surface area contributed by atoms with Crippen molar-refractivity contribution in [2.45, 2.75) is 502 Å². The van der Waals surface area contributed by atoms with E-state index in [4.69, 9.17) is 40.0 Å². The Hall–Kier alpha value is -4.00. The maximum Gasteiger partial charge on any atom is 0.320 e. The number of carbonyl (C=O) groups is 8. The molecule has 0 aliphatic heterocycles. The Labute approximate surface area is 876 Å². The van der Waals surface area contributed by atoms with Gasteiger partial charge in [-0.1, -0.05) is 364 Å². The van der Waals surface area contributed by atoms with Gasteiger partial charge in [-0.05, 0) is 170 Å². The van der Waals surface area contributed by atoms with E-state index in [9.17, 15) is 38.4 Å². The largest absolute Gasteiger partial charge is 0.480 e. The predicted molar refractivity (Wildman–Crippen MR) is 621 cm³/mol. The van der Waals surface area contributed by atoms with Gasteiger partial charge in [0.05, 0.1) is 71.0 Å². The highest BCUT2D eigenvalue weighted by atomic mass is 16.5. The van der Waals surface area contributed by atoms with Crippen molar-refractivity contribution >= 4 is 46.9 Å². The summed E-state index contributed by atoms with van der Waals surface area (Å²) in [6, 6.07) is 0.633. The zero-order chi connectivity index (χ0) is 103. The van der Waals surface area contributed by atoms with E-state index in [0.717, 1.165) is 63.4 Å². The van der Waals surface area contributed by atoms with E-state index in [1.165, 1.54) is 51.7 Å². The summed E-state index contributed by atoms with van der Waals surface area (Å²) in [6.07, 6.45) is 10.7. The number of hydrogen-bond donors (Lipinski definition) is 14. The highest BCUT2D eigenvalue weighted by Crippen LogP contribution is 2.12. The predicted octanol–water partition coefficient (Wildman–Crippen LogP) is 24.6. The van der Waals surface area contributed by atoms with Crippen molar-refractivity contribution in [2.75, 3.05) is 112 Å². The average Bonchev–Trinajstić information content (AvgIpc) is 0.920. The zero-order valence-corrected chi connectivity index (χ0v) is 92.6. The molecular formula is C114H263N11O15. The summed E-state index contributed by atoms with van der Waals surface area (Å²) < 4.78 is 21.4. The van der Waals surface area contributed by atoms with Crippen LogP contribution < -0.4 is 58.9 Å². The highest BCUT2D eigenvalue weighted by Gasteiger charge is 2.23. The van der Waals surface area contributed by atoms with Gasteiger partial charge in [-0.2, -0.15) is 0 Å². The monoisotopic (exact) mass is 2030 g/mol. The molecule has 0 saturated carbocycles. The minimum Gasteiger partial charge on any atom is -0.480 e. The molecule has 26 nitrogen and oxygen atoms in total. The van der Waals surface area contributed by atoms with Gasteiger partial charge in [0.1, 0.15) is 29.7 Å². The van der Waals surface area contributed by atoms with Crippen molar-refractivity contribution in [3.63, 3.8) is 0 Å². The van der Waals surface area contributed by atoms with Crippen LogP contribution in [-0.2, 0) is 57.3 Å². The fourth-order valence-corrected chi connectivity index (χ4v) is 11.2. The fourth-order valence-electron chi connectivity index (χ4n) is 11.2. The van der Waals surface area contributed by atoms with Crippen molar-refractivity contribution in [3.05, 3.63) is 0 Å². The molecule has 0 bridgehead atoms. The first-order valence-corrected chi connectivity index (χ1v) is 50.7. The van der Waals surface area contributed by atoms with Gasteiger partial charge >= 0.3 is 17.9 Å². The van der Waals surface area contributed by atoms with Crippen molar-refractivity contribution in [2.24, 2.45) is 94.5 Å². The summed E-state index contributed by atoms with van der Waals surface area (Å²) in [5.74, 6) is 5.69. The molecule has 6 atom stereocenters. The topological polar surface area (TPSA) is 380 Å². The lowest BCUT2D eigenvalue weighted by Crippen LogP contribution is -2.43. The molecule has 0 aromatic carbocycles. The van der Waals surface area contributed by atoms with Gasteiger partial charge < -0.3 is 93.2 Å². The van der Waals surface area contributed by atoms with Gasteiger partial charge in [-0.25, -0.2) is 0 Å². The van der Waals surface area contributed by atoms with Gasteiger partial charge in [0.2, 0.25) is 5.91 Å². The van der Waals surface area contributed by atoms with Crippen LogP contribution in [0.15, 0.2) is 0 Å². The second kappa shape index (κ2) is 124. The Balaban J connectivity index is -0.0000000633. The van der Waals surface area contributed by atoms with Gasteiger partial charge in [0, 0.05) is 79.8 Å². The maximum absolute atomic E-state index is 11.4. The Kier molecular flexibility index (Phi) is 163. The molecule has 1 amide bonds. The standard InChI is InChI=1S/C14H29NO3.C13H27NO3.C11H25N.C10H22N2O.C10H21NO2.C10H21NO.2C9H19NO2.C9H19NO.C9H21N.10CH4/c1-12(2)11-15-6-8-18-10-9-17-7-5-14(16)13(3)4;1-11(2)13(15)5-7-16-9-10-17-8-6-14-12(3)4;1-10(2)7-5-6-8-12-9-11(3)4;1-7(2)5-9(10(11)13)12-6-8(3)4;1-7(2)5-9(10(12)13)11-6-8(3)4;1-7(2)6-11-9(5)10(12)8(3)4;2*1-6(2)5-8(9(11)12)10-7(3)4;1-6(2)9(11)8(5)10-7(3)4;1-8(2)6-5-7-10-9(3)4;;;;;;;;;;/h12-13,15H,5-11H2,1-4H3;11-12,14H,5-10H2,1-4H3;10-12H,5-9H2,1-4H3;7-9,12H,5-6H2,1-4H3,(H2,11,13);7-9,11H,5-6H2,1-4H3,(H,12,13);7-9,11H,6H2,1-5H3;2*6-8,10H,5H2,1-4H3,(H,11,12);6-8,10H,1-5H3;8-10H,5-7H2,1-4H3;10*1H4. The van der Waals surface area contributed by atoms with Gasteiger partial charge in [-0.15, -0.1) is 0 Å². The number of unbranched alkanes of at least 4 members (excludes halogenated alkanes) is 1. The van der Waals surface area contributed by atoms with Crippen LogP contribution in [-0.4, -0.2) is 240 Å². The number of rotatable bonds is 66. The molecule has 0 aromatic heterocycles. The summed E-state index contributed by atoms with van der Waals surface area (Å²) in [7, 11) is 0. The number of nitrogens with one attached hydrogen (secondary N) is 10. The van der Waals surface area contributed by atoms with Crippen LogP contribution in [0.25, 0.3) is 0 Å². The molecule has 0 radical (unpaired) electrons. The molecule has 6 unspecified atom stereocenters. The highest BCUT2D eigenvalue weighted by molar-refractivity contribution is 5.86.